The molecule has 0 bridgehead atoms. The summed E-state index contributed by atoms with van der Waals surface area (Å²) in [5, 5.41) is 0. The zero-order chi connectivity index (χ0) is 14.2. The summed E-state index contributed by atoms with van der Waals surface area (Å²) >= 11 is 0. The van der Waals surface area contributed by atoms with Crippen LogP contribution in [0.1, 0.15) is 38.5 Å². The van der Waals surface area contributed by atoms with E-state index in [9.17, 15) is 9.59 Å². The van der Waals surface area contributed by atoms with Crippen molar-refractivity contribution >= 4 is 11.9 Å². The van der Waals surface area contributed by atoms with E-state index in [4.69, 9.17) is 18.9 Å². The van der Waals surface area contributed by atoms with Gasteiger partial charge in [-0.2, -0.15) is 0 Å². The zero-order valence-electron chi connectivity index (χ0n) is 11.7. The van der Waals surface area contributed by atoms with Gasteiger partial charge in [0.1, 0.15) is 25.4 Å². The highest BCUT2D eigenvalue weighted by Gasteiger charge is 2.24. The van der Waals surface area contributed by atoms with E-state index in [1.165, 1.54) is 0 Å². The van der Waals surface area contributed by atoms with Crippen LogP contribution in [0, 0.1) is 0 Å². The van der Waals surface area contributed by atoms with Crippen molar-refractivity contribution in [3.05, 3.63) is 0 Å². The second kappa shape index (κ2) is 8.21. The summed E-state index contributed by atoms with van der Waals surface area (Å²) in [6, 6.07) is 0. The molecule has 0 radical (unpaired) electrons. The summed E-state index contributed by atoms with van der Waals surface area (Å²) in [6.07, 6.45) is 4.59. The molecule has 6 nitrogen and oxygen atoms in total. The first-order valence-electron chi connectivity index (χ1n) is 7.28. The maximum absolute atomic E-state index is 11.3. The van der Waals surface area contributed by atoms with Crippen LogP contribution in [0.15, 0.2) is 0 Å². The van der Waals surface area contributed by atoms with E-state index >= 15 is 0 Å². The Balaban J connectivity index is 1.33. The predicted octanol–water partition coefficient (Wildman–Crippen LogP) is 1.21. The monoisotopic (exact) mass is 286 g/mol. The van der Waals surface area contributed by atoms with Crippen molar-refractivity contribution in [3.8, 4) is 0 Å². The molecule has 0 aromatic rings. The number of carbonyl (C=O) groups is 2. The Morgan fingerprint density at radius 2 is 1.20 bits per heavy atom. The number of esters is 2. The molecule has 2 aliphatic rings. The van der Waals surface area contributed by atoms with Crippen LogP contribution < -0.4 is 0 Å². The third kappa shape index (κ3) is 7.45. The van der Waals surface area contributed by atoms with E-state index < -0.39 is 0 Å². The molecular weight excluding hydrogens is 264 g/mol. The summed E-state index contributed by atoms with van der Waals surface area (Å²) in [5.41, 5.74) is 0. The summed E-state index contributed by atoms with van der Waals surface area (Å²) < 4.78 is 19.9. The van der Waals surface area contributed by atoms with Gasteiger partial charge in [0.2, 0.25) is 0 Å². The Labute approximate surface area is 118 Å². The molecule has 2 fully saturated rings. The van der Waals surface area contributed by atoms with Gasteiger partial charge in [-0.05, 0) is 12.8 Å². The van der Waals surface area contributed by atoms with Crippen molar-refractivity contribution in [2.75, 3.05) is 26.4 Å². The molecule has 20 heavy (non-hydrogen) atoms. The zero-order valence-corrected chi connectivity index (χ0v) is 11.7. The number of epoxide rings is 2. The van der Waals surface area contributed by atoms with Crippen molar-refractivity contribution in [2.24, 2.45) is 0 Å². The fourth-order valence-corrected chi connectivity index (χ4v) is 1.74. The molecule has 2 heterocycles. The summed E-state index contributed by atoms with van der Waals surface area (Å²) in [4.78, 5) is 22.6. The van der Waals surface area contributed by atoms with Crippen LogP contribution in [0.2, 0.25) is 0 Å². The molecule has 0 aromatic heterocycles. The van der Waals surface area contributed by atoms with Gasteiger partial charge in [0.05, 0.1) is 13.2 Å². The maximum atomic E-state index is 11.3. The average molecular weight is 286 g/mol. The average Bonchev–Trinajstić information content (AvgIpc) is 3.31. The standard InChI is InChI=1S/C14H22O6/c15-13(19-9-11-7-17-11)5-3-1-2-4-6-14(16)20-10-12-8-18-12/h11-12H,1-10H2. The molecule has 0 saturated carbocycles. The number of hydrogen-bond acceptors (Lipinski definition) is 6. The van der Waals surface area contributed by atoms with E-state index in [1.807, 2.05) is 0 Å². The van der Waals surface area contributed by atoms with E-state index in [0.717, 1.165) is 25.7 Å². The fraction of sp³-hybridized carbons (Fsp3) is 0.857. The van der Waals surface area contributed by atoms with Gasteiger partial charge in [-0.3, -0.25) is 9.59 Å². The minimum Gasteiger partial charge on any atom is -0.463 e. The first-order chi connectivity index (χ1) is 9.74. The third-order valence-corrected chi connectivity index (χ3v) is 3.18. The number of unbranched alkanes of at least 4 members (excludes halogenated alkanes) is 3. The van der Waals surface area contributed by atoms with Crippen LogP contribution in [-0.2, 0) is 28.5 Å². The number of hydrogen-bond donors (Lipinski definition) is 0. The molecule has 2 rings (SSSR count). The van der Waals surface area contributed by atoms with Gasteiger partial charge in [-0.15, -0.1) is 0 Å². The maximum Gasteiger partial charge on any atom is 0.305 e. The van der Waals surface area contributed by atoms with Gasteiger partial charge in [-0.25, -0.2) is 0 Å². The van der Waals surface area contributed by atoms with Crippen LogP contribution >= 0.6 is 0 Å². The van der Waals surface area contributed by atoms with Crippen LogP contribution in [-0.4, -0.2) is 50.6 Å². The minimum absolute atomic E-state index is 0.131. The summed E-state index contributed by atoms with van der Waals surface area (Å²) in [5.74, 6) is -0.325. The molecule has 0 amide bonds. The lowest BCUT2D eigenvalue weighted by Gasteiger charge is -2.04. The number of rotatable bonds is 11. The lowest BCUT2D eigenvalue weighted by Crippen LogP contribution is -2.10. The van der Waals surface area contributed by atoms with Gasteiger partial charge < -0.3 is 18.9 Å². The van der Waals surface area contributed by atoms with Gasteiger partial charge >= 0.3 is 11.9 Å². The Hall–Kier alpha value is -1.14. The first kappa shape index (κ1) is 15.3. The highest BCUT2D eigenvalue weighted by Crippen LogP contribution is 2.12. The van der Waals surface area contributed by atoms with E-state index in [-0.39, 0.29) is 24.1 Å². The highest BCUT2D eigenvalue weighted by molar-refractivity contribution is 5.69. The topological polar surface area (TPSA) is 77.7 Å². The summed E-state index contributed by atoms with van der Waals surface area (Å²) in [6.45, 7) is 2.18. The molecule has 2 aliphatic heterocycles. The van der Waals surface area contributed by atoms with E-state index in [2.05, 4.69) is 0 Å². The van der Waals surface area contributed by atoms with Gasteiger partial charge in [0.15, 0.2) is 0 Å². The van der Waals surface area contributed by atoms with Crippen molar-refractivity contribution < 1.29 is 28.5 Å². The SMILES string of the molecule is O=C(CCCCCCC(=O)OCC1CO1)OCC1CO1. The highest BCUT2D eigenvalue weighted by atomic mass is 16.6. The van der Waals surface area contributed by atoms with Crippen molar-refractivity contribution in [3.63, 3.8) is 0 Å². The normalized spacial score (nSPS) is 23.2. The van der Waals surface area contributed by atoms with Crippen LogP contribution in [0.5, 0.6) is 0 Å². The van der Waals surface area contributed by atoms with E-state index in [1.54, 1.807) is 0 Å². The second-order valence-electron chi connectivity index (χ2n) is 5.19. The predicted molar refractivity (Wildman–Crippen MR) is 69.1 cm³/mol. The lowest BCUT2D eigenvalue weighted by molar-refractivity contribution is -0.145. The largest absolute Gasteiger partial charge is 0.463 e. The first-order valence-corrected chi connectivity index (χ1v) is 7.28. The third-order valence-electron chi connectivity index (χ3n) is 3.18. The molecule has 2 unspecified atom stereocenters. The van der Waals surface area contributed by atoms with Crippen LogP contribution in [0.25, 0.3) is 0 Å². The van der Waals surface area contributed by atoms with Gasteiger partial charge in [0, 0.05) is 12.8 Å². The number of carbonyl (C=O) groups excluding carboxylic acids is 2. The van der Waals surface area contributed by atoms with Crippen LogP contribution in [0.3, 0.4) is 0 Å². The second-order valence-corrected chi connectivity index (χ2v) is 5.19. The molecular formula is C14H22O6. The quantitative estimate of drug-likeness (QED) is 0.323. The Kier molecular flexibility index (Phi) is 6.26. The molecule has 2 atom stereocenters. The van der Waals surface area contributed by atoms with Crippen molar-refractivity contribution in [2.45, 2.75) is 50.7 Å². The molecule has 0 N–H and O–H groups in total. The Bertz CT molecular complexity index is 290. The summed E-state index contributed by atoms with van der Waals surface area (Å²) in [7, 11) is 0. The van der Waals surface area contributed by atoms with Gasteiger partial charge in [0.25, 0.3) is 0 Å². The Morgan fingerprint density at radius 1 is 0.800 bits per heavy atom. The lowest BCUT2D eigenvalue weighted by atomic mass is 10.1. The number of ether oxygens (including phenoxy) is 4. The molecule has 0 aromatic carbocycles. The smallest absolute Gasteiger partial charge is 0.305 e. The van der Waals surface area contributed by atoms with Gasteiger partial charge in [-0.1, -0.05) is 12.8 Å². The molecule has 114 valence electrons. The van der Waals surface area contributed by atoms with E-state index in [0.29, 0.717) is 39.3 Å². The van der Waals surface area contributed by atoms with Crippen LogP contribution in [0.4, 0.5) is 0 Å². The minimum atomic E-state index is -0.163. The van der Waals surface area contributed by atoms with Crippen molar-refractivity contribution in [1.82, 2.24) is 0 Å². The molecule has 0 aliphatic carbocycles. The fourth-order valence-electron chi connectivity index (χ4n) is 1.74. The molecule has 6 heteroatoms. The molecule has 2 saturated heterocycles. The van der Waals surface area contributed by atoms with Crippen molar-refractivity contribution in [1.29, 1.82) is 0 Å². The Morgan fingerprint density at radius 3 is 1.55 bits per heavy atom. The molecule has 0 spiro atoms.